The van der Waals surface area contributed by atoms with Crippen molar-refractivity contribution in [2.24, 2.45) is 0 Å². The average molecular weight is 427 g/mol. The minimum absolute atomic E-state index is 0.515. The number of aromatic nitrogens is 2. The fourth-order valence-corrected chi connectivity index (χ4v) is 4.85. The van der Waals surface area contributed by atoms with Gasteiger partial charge >= 0.3 is 0 Å². The van der Waals surface area contributed by atoms with Crippen LogP contribution >= 0.6 is 11.8 Å². The second kappa shape index (κ2) is 9.40. The van der Waals surface area contributed by atoms with Crippen LogP contribution in [0.1, 0.15) is 31.2 Å². The summed E-state index contributed by atoms with van der Waals surface area (Å²) in [4.78, 5) is 12.0. The molecule has 1 fully saturated rings. The van der Waals surface area contributed by atoms with Crippen LogP contribution in [-0.2, 0) is 6.54 Å². The normalized spacial score (nSPS) is 14.1. The van der Waals surface area contributed by atoms with Gasteiger partial charge in [-0.25, -0.2) is 4.98 Å². The van der Waals surface area contributed by atoms with Gasteiger partial charge in [0, 0.05) is 27.8 Å². The number of benzene rings is 3. The Labute approximate surface area is 187 Å². The Balaban J connectivity index is 1.29. The smallest absolute Gasteiger partial charge is 0.225 e. The molecule has 1 heterocycles. The SMILES string of the molecule is c1ccc(Sc2ccc(CNc3nc(NC4CCCC4)c4ccccc4n3)cc2)cc1. The van der Waals surface area contributed by atoms with Crippen molar-refractivity contribution in [1.29, 1.82) is 0 Å². The molecule has 1 aliphatic rings. The maximum Gasteiger partial charge on any atom is 0.225 e. The molecule has 0 atom stereocenters. The molecule has 0 spiro atoms. The van der Waals surface area contributed by atoms with E-state index in [9.17, 15) is 0 Å². The first-order valence-electron chi connectivity index (χ1n) is 10.9. The summed E-state index contributed by atoms with van der Waals surface area (Å²) in [6.07, 6.45) is 5.03. The molecule has 1 aliphatic carbocycles. The first kappa shape index (κ1) is 19.9. The third kappa shape index (κ3) is 5.00. The summed E-state index contributed by atoms with van der Waals surface area (Å²) in [7, 11) is 0. The summed E-state index contributed by atoms with van der Waals surface area (Å²) in [6.45, 7) is 0.692. The Morgan fingerprint density at radius 2 is 1.48 bits per heavy atom. The van der Waals surface area contributed by atoms with Gasteiger partial charge in [0.2, 0.25) is 5.95 Å². The minimum atomic E-state index is 0.515. The second-order valence-electron chi connectivity index (χ2n) is 7.95. The van der Waals surface area contributed by atoms with Gasteiger partial charge in [0.05, 0.1) is 5.52 Å². The fourth-order valence-electron chi connectivity index (χ4n) is 4.01. The van der Waals surface area contributed by atoms with Crippen LogP contribution in [0.5, 0.6) is 0 Å². The first-order chi connectivity index (χ1) is 15.3. The van der Waals surface area contributed by atoms with E-state index >= 15 is 0 Å². The highest BCUT2D eigenvalue weighted by Crippen LogP contribution is 2.28. The van der Waals surface area contributed by atoms with Gasteiger partial charge in [0.25, 0.3) is 0 Å². The predicted molar refractivity (Wildman–Crippen MR) is 130 cm³/mol. The van der Waals surface area contributed by atoms with E-state index in [0.29, 0.717) is 18.5 Å². The Hall–Kier alpha value is -3.05. The van der Waals surface area contributed by atoms with Crippen molar-refractivity contribution in [3.05, 3.63) is 84.4 Å². The summed E-state index contributed by atoms with van der Waals surface area (Å²) < 4.78 is 0. The molecular formula is C26H26N4S. The van der Waals surface area contributed by atoms with Crippen molar-refractivity contribution in [3.8, 4) is 0 Å². The van der Waals surface area contributed by atoms with E-state index in [1.54, 1.807) is 11.8 Å². The predicted octanol–water partition coefficient (Wildman–Crippen LogP) is 6.75. The molecule has 0 bridgehead atoms. The van der Waals surface area contributed by atoms with E-state index in [1.165, 1.54) is 41.0 Å². The van der Waals surface area contributed by atoms with Crippen molar-refractivity contribution in [2.45, 2.75) is 48.1 Å². The molecule has 0 saturated heterocycles. The van der Waals surface area contributed by atoms with Crippen LogP contribution in [0, 0.1) is 0 Å². The van der Waals surface area contributed by atoms with Gasteiger partial charge in [-0.3, -0.25) is 0 Å². The molecule has 156 valence electrons. The van der Waals surface area contributed by atoms with Crippen LogP contribution < -0.4 is 10.6 Å². The third-order valence-corrected chi connectivity index (χ3v) is 6.67. The minimum Gasteiger partial charge on any atom is -0.367 e. The number of nitrogens with one attached hydrogen (secondary N) is 2. The van der Waals surface area contributed by atoms with Crippen LogP contribution in [0.2, 0.25) is 0 Å². The highest BCUT2D eigenvalue weighted by molar-refractivity contribution is 7.99. The Kier molecular flexibility index (Phi) is 6.03. The van der Waals surface area contributed by atoms with Gasteiger partial charge in [-0.1, -0.05) is 67.1 Å². The zero-order chi connectivity index (χ0) is 20.9. The van der Waals surface area contributed by atoms with Gasteiger partial charge in [-0.05, 0) is 54.8 Å². The molecule has 2 N–H and O–H groups in total. The summed E-state index contributed by atoms with van der Waals surface area (Å²) in [5.41, 5.74) is 2.18. The molecule has 1 saturated carbocycles. The molecule has 5 rings (SSSR count). The van der Waals surface area contributed by atoms with Gasteiger partial charge in [0.15, 0.2) is 0 Å². The molecule has 0 unspecified atom stereocenters. The van der Waals surface area contributed by atoms with E-state index in [0.717, 1.165) is 16.7 Å². The maximum absolute atomic E-state index is 4.82. The lowest BCUT2D eigenvalue weighted by Gasteiger charge is -2.16. The zero-order valence-electron chi connectivity index (χ0n) is 17.4. The summed E-state index contributed by atoms with van der Waals surface area (Å²) in [5, 5.41) is 8.16. The number of fused-ring (bicyclic) bond motifs is 1. The fraction of sp³-hybridized carbons (Fsp3) is 0.231. The monoisotopic (exact) mass is 426 g/mol. The molecule has 0 aliphatic heterocycles. The number of rotatable bonds is 7. The Bertz CT molecular complexity index is 1140. The van der Waals surface area contributed by atoms with Gasteiger partial charge in [0.1, 0.15) is 5.82 Å². The molecule has 4 nitrogen and oxygen atoms in total. The second-order valence-corrected chi connectivity index (χ2v) is 9.10. The quantitative estimate of drug-likeness (QED) is 0.342. The number of hydrogen-bond donors (Lipinski definition) is 2. The molecule has 3 aromatic carbocycles. The Morgan fingerprint density at radius 3 is 2.29 bits per heavy atom. The van der Waals surface area contributed by atoms with Crippen LogP contribution in [-0.4, -0.2) is 16.0 Å². The van der Waals surface area contributed by atoms with Crippen LogP contribution in [0.15, 0.2) is 88.7 Å². The van der Waals surface area contributed by atoms with Crippen LogP contribution in [0.4, 0.5) is 11.8 Å². The van der Waals surface area contributed by atoms with Gasteiger partial charge in [-0.2, -0.15) is 4.98 Å². The number of para-hydroxylation sites is 1. The molecule has 4 aromatic rings. The van der Waals surface area contributed by atoms with E-state index in [-0.39, 0.29) is 0 Å². The van der Waals surface area contributed by atoms with Crippen molar-refractivity contribution >= 4 is 34.4 Å². The van der Waals surface area contributed by atoms with Crippen molar-refractivity contribution in [1.82, 2.24) is 9.97 Å². The number of hydrogen-bond acceptors (Lipinski definition) is 5. The lowest BCUT2D eigenvalue weighted by Crippen LogP contribution is -2.17. The Morgan fingerprint density at radius 1 is 0.774 bits per heavy atom. The third-order valence-electron chi connectivity index (χ3n) is 5.65. The maximum atomic E-state index is 4.82. The topological polar surface area (TPSA) is 49.8 Å². The summed E-state index contributed by atoms with van der Waals surface area (Å²) >= 11 is 1.78. The summed E-state index contributed by atoms with van der Waals surface area (Å²) in [6, 6.07) is 27.9. The summed E-state index contributed by atoms with van der Waals surface area (Å²) in [5.74, 6) is 1.61. The van der Waals surface area contributed by atoms with Crippen molar-refractivity contribution in [3.63, 3.8) is 0 Å². The van der Waals surface area contributed by atoms with Crippen LogP contribution in [0.3, 0.4) is 0 Å². The highest BCUT2D eigenvalue weighted by atomic mass is 32.2. The van der Waals surface area contributed by atoms with Gasteiger partial charge < -0.3 is 10.6 Å². The molecule has 31 heavy (non-hydrogen) atoms. The van der Waals surface area contributed by atoms with Crippen molar-refractivity contribution in [2.75, 3.05) is 10.6 Å². The van der Waals surface area contributed by atoms with E-state index in [4.69, 9.17) is 9.97 Å². The first-order valence-corrected chi connectivity index (χ1v) is 11.7. The molecule has 5 heteroatoms. The lowest BCUT2D eigenvalue weighted by molar-refractivity contribution is 0.751. The largest absolute Gasteiger partial charge is 0.367 e. The van der Waals surface area contributed by atoms with E-state index in [2.05, 4.69) is 71.3 Å². The number of anilines is 2. The van der Waals surface area contributed by atoms with E-state index < -0.39 is 0 Å². The van der Waals surface area contributed by atoms with Gasteiger partial charge in [-0.15, -0.1) is 0 Å². The standard InChI is InChI=1S/C26H26N4S/c1-2-10-21(11-3-1)31-22-16-14-19(15-17-22)18-27-26-29-24-13-7-6-12-23(24)25(30-26)28-20-8-4-5-9-20/h1-3,6-7,10-17,20H,4-5,8-9,18H2,(H2,27,28,29,30). The molecule has 0 amide bonds. The zero-order valence-corrected chi connectivity index (χ0v) is 18.2. The van der Waals surface area contributed by atoms with Crippen molar-refractivity contribution < 1.29 is 0 Å². The average Bonchev–Trinajstić information content (AvgIpc) is 3.32. The molecule has 0 radical (unpaired) electrons. The van der Waals surface area contributed by atoms with E-state index in [1.807, 2.05) is 18.2 Å². The molecular weight excluding hydrogens is 400 g/mol. The highest BCUT2D eigenvalue weighted by Gasteiger charge is 2.17. The van der Waals surface area contributed by atoms with Crippen LogP contribution in [0.25, 0.3) is 10.9 Å². The molecule has 1 aromatic heterocycles. The lowest BCUT2D eigenvalue weighted by atomic mass is 10.2. The number of nitrogens with zero attached hydrogens (tertiary/aromatic N) is 2.